The van der Waals surface area contributed by atoms with E-state index in [1.165, 1.54) is 29.5 Å². The molecule has 4 aromatic carbocycles. The first-order valence-corrected chi connectivity index (χ1v) is 22.0. The van der Waals surface area contributed by atoms with Gasteiger partial charge in [0.05, 0.1) is 28.1 Å². The zero-order chi connectivity index (χ0) is 46.2. The molecule has 0 atom stereocenters. The van der Waals surface area contributed by atoms with Gasteiger partial charge in [0.25, 0.3) is 0 Å². The molecular formula is C55H56IrN4O-2. The molecule has 0 amide bonds. The topological polar surface area (TPSA) is 56.7 Å². The first-order valence-electron chi connectivity index (χ1n) is 25.0. The number of rotatable bonds is 6. The number of imidazole rings is 1. The smallest absolute Gasteiger partial charge is 0.142 e. The Labute approximate surface area is 383 Å². The second-order valence-corrected chi connectivity index (χ2v) is 17.7. The average Bonchev–Trinajstić information content (AvgIpc) is 4.08. The van der Waals surface area contributed by atoms with Crippen LogP contribution in [0.4, 0.5) is 0 Å². The van der Waals surface area contributed by atoms with Crippen molar-refractivity contribution in [3.63, 3.8) is 0 Å². The van der Waals surface area contributed by atoms with Gasteiger partial charge in [0.2, 0.25) is 0 Å². The summed E-state index contributed by atoms with van der Waals surface area (Å²) in [5.74, 6) is 0.300. The van der Waals surface area contributed by atoms with Gasteiger partial charge in [0.15, 0.2) is 0 Å². The van der Waals surface area contributed by atoms with Crippen LogP contribution in [0.5, 0.6) is 0 Å². The molecule has 0 N–H and O–H groups in total. The van der Waals surface area contributed by atoms with E-state index in [0.29, 0.717) is 47.3 Å². The van der Waals surface area contributed by atoms with Gasteiger partial charge in [0, 0.05) is 57.2 Å². The van der Waals surface area contributed by atoms with Gasteiger partial charge in [-0.15, -0.1) is 54.1 Å². The van der Waals surface area contributed by atoms with E-state index in [1.807, 2.05) is 60.7 Å². The quantitative estimate of drug-likeness (QED) is 0.156. The summed E-state index contributed by atoms with van der Waals surface area (Å²) in [7, 11) is 0. The molecule has 1 spiro atoms. The van der Waals surface area contributed by atoms with Crippen LogP contribution in [0.1, 0.15) is 151 Å². The Morgan fingerprint density at radius 3 is 2.31 bits per heavy atom. The number of aromatic nitrogens is 4. The molecule has 0 bridgehead atoms. The molecule has 8 aromatic rings. The molecule has 3 aliphatic carbocycles. The van der Waals surface area contributed by atoms with E-state index in [9.17, 15) is 1.37 Å². The second-order valence-electron chi connectivity index (χ2n) is 17.7. The second kappa shape index (κ2) is 17.1. The molecule has 313 valence electrons. The molecule has 2 fully saturated rings. The molecular weight excluding hydrogens is 925 g/mol. The summed E-state index contributed by atoms with van der Waals surface area (Å²) in [6.07, 6.45) is 10.1. The van der Waals surface area contributed by atoms with Gasteiger partial charge in [-0.05, 0) is 109 Å². The van der Waals surface area contributed by atoms with Crippen LogP contribution in [0.2, 0.25) is 0 Å². The molecule has 0 aliphatic heterocycles. The fraction of sp³-hybridized carbons (Fsp3) is 0.364. The Bertz CT molecular complexity index is 3080. The molecule has 0 saturated heterocycles. The number of furan rings is 1. The zero-order valence-corrected chi connectivity index (χ0v) is 37.9. The summed E-state index contributed by atoms with van der Waals surface area (Å²) in [4.78, 5) is 14.3. The number of fused-ring (bicyclic) bond motifs is 6. The van der Waals surface area contributed by atoms with Crippen LogP contribution in [0, 0.1) is 19.0 Å². The van der Waals surface area contributed by atoms with E-state index in [4.69, 9.17) is 16.3 Å². The molecule has 61 heavy (non-hydrogen) atoms. The minimum absolute atomic E-state index is 0. The summed E-state index contributed by atoms with van der Waals surface area (Å²) in [5.41, 5.74) is 11.2. The van der Waals surface area contributed by atoms with Crippen molar-refractivity contribution in [2.75, 3.05) is 0 Å². The molecule has 3 aliphatic rings. The maximum absolute atomic E-state index is 9.27. The van der Waals surface area contributed by atoms with Crippen molar-refractivity contribution in [3.05, 3.63) is 143 Å². The van der Waals surface area contributed by atoms with Crippen molar-refractivity contribution in [3.8, 4) is 28.3 Å². The van der Waals surface area contributed by atoms with Gasteiger partial charge in [-0.1, -0.05) is 107 Å². The largest absolute Gasteiger partial charge is 0.499 e. The first kappa shape index (κ1) is 34.7. The summed E-state index contributed by atoms with van der Waals surface area (Å²) in [6.45, 7) is 6.33. The third kappa shape index (κ3) is 7.48. The summed E-state index contributed by atoms with van der Waals surface area (Å²) >= 11 is 0. The summed E-state index contributed by atoms with van der Waals surface area (Å²) in [6, 6.07) is 36.9. The average molecular weight is 987 g/mol. The van der Waals surface area contributed by atoms with Crippen LogP contribution in [0.15, 0.2) is 102 Å². The van der Waals surface area contributed by atoms with Crippen LogP contribution in [-0.2, 0) is 31.9 Å². The van der Waals surface area contributed by atoms with Gasteiger partial charge in [-0.3, -0.25) is 9.97 Å². The number of para-hydroxylation sites is 3. The van der Waals surface area contributed by atoms with Gasteiger partial charge >= 0.3 is 0 Å². The minimum Gasteiger partial charge on any atom is -0.499 e. The molecule has 4 heterocycles. The Morgan fingerprint density at radius 1 is 0.803 bits per heavy atom. The number of nitrogens with zero attached hydrogens (tertiary/aromatic N) is 4. The van der Waals surface area contributed by atoms with Gasteiger partial charge in [0.1, 0.15) is 5.58 Å². The van der Waals surface area contributed by atoms with Crippen molar-refractivity contribution in [2.24, 2.45) is 0 Å². The number of hydrogen-bond donors (Lipinski definition) is 0. The van der Waals surface area contributed by atoms with E-state index in [0.717, 1.165) is 71.0 Å². The van der Waals surface area contributed by atoms with E-state index >= 15 is 0 Å². The third-order valence-corrected chi connectivity index (χ3v) is 13.2. The fourth-order valence-corrected chi connectivity index (χ4v) is 10.1. The van der Waals surface area contributed by atoms with E-state index in [-0.39, 0.29) is 48.6 Å². The molecule has 0 unspecified atom stereocenters. The SMILES string of the molecule is [2H]C([2H])([2H])c1nc(C2([2H])CCCCC2)cc2c1oc1c(-c3nc4ccccc4n3-c3c(C(C)C)cccc3C(C)C)[c-]ccc12.[2H]C1([2H])CC2(CCCC2)c2cc(-c3[c-]cccc3)ncc21.[Ir]. The van der Waals surface area contributed by atoms with Crippen molar-refractivity contribution in [2.45, 2.75) is 128 Å². The number of hydrogen-bond acceptors (Lipinski definition) is 4. The van der Waals surface area contributed by atoms with Crippen molar-refractivity contribution < 1.29 is 32.7 Å². The van der Waals surface area contributed by atoms with Crippen molar-refractivity contribution in [1.29, 1.82) is 0 Å². The van der Waals surface area contributed by atoms with Crippen LogP contribution in [0.25, 0.3) is 61.3 Å². The van der Waals surface area contributed by atoms with Crippen LogP contribution in [0.3, 0.4) is 0 Å². The van der Waals surface area contributed by atoms with E-state index in [2.05, 4.69) is 84.7 Å². The normalized spacial score (nSPS) is 19.1. The zero-order valence-electron chi connectivity index (χ0n) is 41.5. The summed E-state index contributed by atoms with van der Waals surface area (Å²) in [5, 5.41) is 1.44. The minimum atomic E-state index is -2.51. The van der Waals surface area contributed by atoms with Gasteiger partial charge in [-0.2, -0.15) is 0 Å². The number of pyridine rings is 2. The van der Waals surface area contributed by atoms with E-state index in [1.54, 1.807) is 6.20 Å². The first-order chi connectivity index (χ1) is 31.6. The van der Waals surface area contributed by atoms with E-state index < -0.39 is 19.1 Å². The molecule has 11 rings (SSSR count). The summed E-state index contributed by atoms with van der Waals surface area (Å²) < 4.78 is 59.9. The molecule has 5 nitrogen and oxygen atoms in total. The maximum Gasteiger partial charge on any atom is 0.142 e. The molecule has 4 aromatic heterocycles. The third-order valence-electron chi connectivity index (χ3n) is 13.2. The Morgan fingerprint density at radius 2 is 1.57 bits per heavy atom. The standard InChI is InChI=1S/C37H38N3O.C18H18N.Ir/c1-22(2)26-15-11-16-27(23(3)4)34(26)40-33-20-10-9-19-31(33)39-37(40)29-18-12-17-28-30-21-32(25-13-7-6-8-14-25)38-24(5)35(30)41-36(28)29;1-2-6-14(7-3-1)17-12-16-15(13-19-17)8-11-18(16)9-4-5-10-18;/h9-12,15-17,19-23,25H,6-8,13-14H2,1-5H3;1-3,6,12-13H,4-5,8-11H2;/q2*-1;/i5D3,25D;8D2;. The van der Waals surface area contributed by atoms with Crippen molar-refractivity contribution >= 4 is 33.0 Å². The van der Waals surface area contributed by atoms with Crippen LogP contribution < -0.4 is 0 Å². The predicted molar refractivity (Wildman–Crippen MR) is 246 cm³/mol. The molecule has 1 radical (unpaired) electrons. The van der Waals surface area contributed by atoms with Crippen LogP contribution in [-0.4, -0.2) is 19.5 Å². The number of aryl methyl sites for hydroxylation is 2. The molecule has 2 saturated carbocycles. The Kier molecular flexibility index (Phi) is 9.72. The van der Waals surface area contributed by atoms with Gasteiger partial charge in [-0.25, -0.2) is 0 Å². The predicted octanol–water partition coefficient (Wildman–Crippen LogP) is 14.7. The van der Waals surface area contributed by atoms with Gasteiger partial charge < -0.3 is 14.0 Å². The number of benzene rings is 4. The Balaban J connectivity index is 0.000000213. The van der Waals surface area contributed by atoms with Crippen LogP contribution >= 0.6 is 0 Å². The molecule has 6 heteroatoms. The van der Waals surface area contributed by atoms with Crippen molar-refractivity contribution in [1.82, 2.24) is 19.5 Å². The monoisotopic (exact) mass is 987 g/mol. The fourth-order valence-electron chi connectivity index (χ4n) is 10.1. The Hall–Kier alpha value is -4.90. The maximum atomic E-state index is 9.27.